The topological polar surface area (TPSA) is 125 Å². The maximum Gasteiger partial charge on any atom is 0.329 e. The Labute approximate surface area is 163 Å². The Hall–Kier alpha value is -2.77. The summed E-state index contributed by atoms with van der Waals surface area (Å²) >= 11 is 0. The van der Waals surface area contributed by atoms with E-state index in [9.17, 15) is 18.5 Å². The van der Waals surface area contributed by atoms with Gasteiger partial charge in [-0.15, -0.1) is 0 Å². The molecule has 0 amide bonds. The molecular formula is C18H21N5O4S. The van der Waals surface area contributed by atoms with Crippen molar-refractivity contribution in [3.63, 3.8) is 0 Å². The first-order valence-corrected chi connectivity index (χ1v) is 10.7. The predicted octanol–water partition coefficient (Wildman–Crippen LogP) is 0.928. The van der Waals surface area contributed by atoms with E-state index >= 15 is 0 Å². The third kappa shape index (κ3) is 4.37. The Bertz CT molecular complexity index is 1030. The highest BCUT2D eigenvalue weighted by molar-refractivity contribution is 7.88. The lowest BCUT2D eigenvalue weighted by molar-refractivity contribution is -0.141. The van der Waals surface area contributed by atoms with Crippen molar-refractivity contribution in [2.75, 3.05) is 31.4 Å². The van der Waals surface area contributed by atoms with Crippen LogP contribution in [0.3, 0.4) is 0 Å². The van der Waals surface area contributed by atoms with E-state index < -0.39 is 21.9 Å². The summed E-state index contributed by atoms with van der Waals surface area (Å²) in [5.74, 6) is -1.43. The van der Waals surface area contributed by atoms with Gasteiger partial charge in [-0.25, -0.2) is 23.1 Å². The largest absolute Gasteiger partial charge is 0.468 e. The van der Waals surface area contributed by atoms with E-state index in [-0.39, 0.29) is 11.7 Å². The Morgan fingerprint density at radius 2 is 1.89 bits per heavy atom. The van der Waals surface area contributed by atoms with Gasteiger partial charge in [0.2, 0.25) is 10.0 Å². The van der Waals surface area contributed by atoms with Crippen LogP contribution < -0.4 is 9.62 Å². The van der Waals surface area contributed by atoms with E-state index in [0.717, 1.165) is 6.26 Å². The van der Waals surface area contributed by atoms with Crippen LogP contribution in [0.15, 0.2) is 24.3 Å². The lowest BCUT2D eigenvalue weighted by Gasteiger charge is -2.34. The molecule has 28 heavy (non-hydrogen) atoms. The number of esters is 1. The lowest BCUT2D eigenvalue weighted by Crippen LogP contribution is -2.45. The van der Waals surface area contributed by atoms with Gasteiger partial charge in [0.15, 0.2) is 11.7 Å². The normalized spacial score (nSPS) is 16.5. The summed E-state index contributed by atoms with van der Waals surface area (Å²) in [6.07, 6.45) is 2.30. The number of piperidine rings is 1. The number of hydrogen-bond acceptors (Lipinski definition) is 8. The number of benzene rings is 1. The first-order chi connectivity index (χ1) is 13.3. The zero-order chi connectivity index (χ0) is 20.3. The number of nitrogens with one attached hydrogen (secondary N) is 1. The fourth-order valence-corrected chi connectivity index (χ4v) is 4.13. The number of methoxy groups -OCH3 is 1. The molecule has 3 rings (SSSR count). The van der Waals surface area contributed by atoms with Crippen molar-refractivity contribution in [3.05, 3.63) is 30.0 Å². The summed E-state index contributed by atoms with van der Waals surface area (Å²) in [6.45, 7) is 1.04. The third-order valence-corrected chi connectivity index (χ3v) is 5.35. The van der Waals surface area contributed by atoms with Crippen molar-refractivity contribution in [2.45, 2.75) is 24.8 Å². The number of carbonyl (C=O) groups is 1. The highest BCUT2D eigenvalue weighted by Gasteiger charge is 2.31. The Kier molecular flexibility index (Phi) is 5.76. The van der Waals surface area contributed by atoms with Gasteiger partial charge in [0.05, 0.1) is 30.5 Å². The maximum atomic E-state index is 12.1. The van der Waals surface area contributed by atoms with Crippen molar-refractivity contribution < 1.29 is 17.9 Å². The van der Waals surface area contributed by atoms with Crippen LogP contribution >= 0.6 is 0 Å². The third-order valence-electron chi connectivity index (χ3n) is 4.59. The highest BCUT2D eigenvalue weighted by Crippen LogP contribution is 2.29. The SMILES string of the molecule is COC(=O)C(C#N)c1nc2ccccc2nc1N1CCC(NS(C)(=O)=O)CC1. The van der Waals surface area contributed by atoms with E-state index in [0.29, 0.717) is 42.8 Å². The Balaban J connectivity index is 1.96. The number of para-hydroxylation sites is 2. The van der Waals surface area contributed by atoms with E-state index in [1.165, 1.54) is 7.11 Å². The number of aromatic nitrogens is 2. The molecule has 1 aliphatic heterocycles. The fourth-order valence-electron chi connectivity index (χ4n) is 3.29. The van der Waals surface area contributed by atoms with Gasteiger partial charge in [-0.3, -0.25) is 4.79 Å². The minimum atomic E-state index is -3.28. The van der Waals surface area contributed by atoms with Crippen LogP contribution in [0.5, 0.6) is 0 Å². The lowest BCUT2D eigenvalue weighted by atomic mass is 10.0. The molecule has 1 saturated heterocycles. The molecule has 10 heteroatoms. The smallest absolute Gasteiger partial charge is 0.329 e. The van der Waals surface area contributed by atoms with Gasteiger partial charge < -0.3 is 9.64 Å². The minimum Gasteiger partial charge on any atom is -0.468 e. The molecule has 0 aliphatic carbocycles. The number of anilines is 1. The second-order valence-corrected chi connectivity index (χ2v) is 8.44. The molecule has 0 bridgehead atoms. The van der Waals surface area contributed by atoms with E-state index in [1.807, 2.05) is 29.2 Å². The summed E-state index contributed by atoms with van der Waals surface area (Å²) in [7, 11) is -2.05. The Morgan fingerprint density at radius 1 is 1.29 bits per heavy atom. The summed E-state index contributed by atoms with van der Waals surface area (Å²) in [5, 5.41) is 9.53. The summed E-state index contributed by atoms with van der Waals surface area (Å²) < 4.78 is 30.3. The molecule has 0 spiro atoms. The van der Waals surface area contributed by atoms with Crippen molar-refractivity contribution >= 4 is 32.8 Å². The fraction of sp³-hybridized carbons (Fsp3) is 0.444. The number of carbonyl (C=O) groups excluding carboxylic acids is 1. The van der Waals surface area contributed by atoms with Gasteiger partial charge in [0, 0.05) is 19.1 Å². The molecule has 1 unspecified atom stereocenters. The number of fused-ring (bicyclic) bond motifs is 1. The number of nitriles is 1. The van der Waals surface area contributed by atoms with E-state index in [2.05, 4.69) is 14.7 Å². The first kappa shape index (κ1) is 20.0. The number of ether oxygens (including phenoxy) is 1. The van der Waals surface area contributed by atoms with Gasteiger partial charge in [0.1, 0.15) is 5.69 Å². The molecule has 9 nitrogen and oxygen atoms in total. The molecule has 1 aromatic heterocycles. The molecule has 148 valence electrons. The van der Waals surface area contributed by atoms with E-state index in [1.54, 1.807) is 6.07 Å². The van der Waals surface area contributed by atoms with Crippen LogP contribution in [0, 0.1) is 11.3 Å². The van der Waals surface area contributed by atoms with Crippen molar-refractivity contribution in [1.29, 1.82) is 5.26 Å². The summed E-state index contributed by atoms with van der Waals surface area (Å²) in [4.78, 5) is 23.2. The standard InChI is InChI=1S/C18H21N5O4S/c1-27-18(24)13(11-19)16-17(21-15-6-4-3-5-14(15)20-16)23-9-7-12(8-10-23)22-28(2,25)26/h3-6,12-13,22H,7-10H2,1-2H3. The van der Waals surface area contributed by atoms with Crippen LogP contribution in [0.2, 0.25) is 0 Å². The molecule has 0 saturated carbocycles. The first-order valence-electron chi connectivity index (χ1n) is 8.78. The summed E-state index contributed by atoms with van der Waals surface area (Å²) in [6, 6.07) is 9.03. The van der Waals surface area contributed by atoms with Crippen LogP contribution in [0.4, 0.5) is 5.82 Å². The second-order valence-electron chi connectivity index (χ2n) is 6.66. The van der Waals surface area contributed by atoms with Crippen LogP contribution in [0.25, 0.3) is 11.0 Å². The molecule has 1 aliphatic rings. The van der Waals surface area contributed by atoms with Gasteiger partial charge in [-0.05, 0) is 25.0 Å². The molecule has 1 aromatic carbocycles. The van der Waals surface area contributed by atoms with Gasteiger partial charge in [0.25, 0.3) is 0 Å². The zero-order valence-corrected chi connectivity index (χ0v) is 16.4. The molecule has 2 aromatic rings. The van der Waals surface area contributed by atoms with Crippen molar-refractivity contribution in [3.8, 4) is 6.07 Å². The minimum absolute atomic E-state index is 0.157. The molecule has 1 atom stereocenters. The Morgan fingerprint density at radius 3 is 2.43 bits per heavy atom. The molecule has 1 fully saturated rings. The maximum absolute atomic E-state index is 12.1. The van der Waals surface area contributed by atoms with Crippen LogP contribution in [0.1, 0.15) is 24.5 Å². The predicted molar refractivity (Wildman–Crippen MR) is 103 cm³/mol. The zero-order valence-electron chi connectivity index (χ0n) is 15.6. The summed E-state index contributed by atoms with van der Waals surface area (Å²) in [5.41, 5.74) is 1.49. The number of nitrogens with zero attached hydrogens (tertiary/aromatic N) is 4. The van der Waals surface area contributed by atoms with Crippen LogP contribution in [-0.4, -0.2) is 56.9 Å². The average molecular weight is 403 g/mol. The van der Waals surface area contributed by atoms with Gasteiger partial charge in [-0.1, -0.05) is 12.1 Å². The molecule has 1 N–H and O–H groups in total. The van der Waals surface area contributed by atoms with E-state index in [4.69, 9.17) is 4.74 Å². The average Bonchev–Trinajstić information content (AvgIpc) is 2.67. The van der Waals surface area contributed by atoms with Gasteiger partial charge in [-0.2, -0.15) is 5.26 Å². The van der Waals surface area contributed by atoms with Crippen molar-refractivity contribution in [2.24, 2.45) is 0 Å². The van der Waals surface area contributed by atoms with Crippen LogP contribution in [-0.2, 0) is 19.6 Å². The molecule has 0 radical (unpaired) electrons. The quantitative estimate of drug-likeness (QED) is 0.731. The molecular weight excluding hydrogens is 382 g/mol. The monoisotopic (exact) mass is 403 g/mol. The number of rotatable bonds is 5. The van der Waals surface area contributed by atoms with Gasteiger partial charge >= 0.3 is 5.97 Å². The van der Waals surface area contributed by atoms with Crippen molar-refractivity contribution in [1.82, 2.24) is 14.7 Å². The highest BCUT2D eigenvalue weighted by atomic mass is 32.2. The molecule has 2 heterocycles. The number of hydrogen-bond donors (Lipinski definition) is 1. The second kappa shape index (κ2) is 8.08. The number of sulfonamides is 1.